The van der Waals surface area contributed by atoms with Gasteiger partial charge in [-0.1, -0.05) is 42.5 Å². The minimum absolute atomic E-state index is 0.143. The Morgan fingerprint density at radius 3 is 2.38 bits per heavy atom. The molecular formula is C26H25F3N2O3. The number of amides is 1. The molecule has 1 aliphatic heterocycles. The van der Waals surface area contributed by atoms with Gasteiger partial charge in [0.1, 0.15) is 6.04 Å². The van der Waals surface area contributed by atoms with Gasteiger partial charge in [0.05, 0.1) is 5.56 Å². The van der Waals surface area contributed by atoms with Crippen molar-refractivity contribution in [3.63, 3.8) is 0 Å². The number of hydrogen-bond acceptors (Lipinski definition) is 4. The topological polar surface area (TPSA) is 50.8 Å². The van der Waals surface area contributed by atoms with Crippen molar-refractivity contribution in [3.05, 3.63) is 89.5 Å². The first-order valence-corrected chi connectivity index (χ1v) is 11.0. The molecule has 0 unspecified atom stereocenters. The molecule has 1 amide bonds. The van der Waals surface area contributed by atoms with Crippen LogP contribution >= 0.6 is 0 Å². The van der Waals surface area contributed by atoms with Crippen LogP contribution in [-0.2, 0) is 17.4 Å². The lowest BCUT2D eigenvalue weighted by Gasteiger charge is -2.33. The summed E-state index contributed by atoms with van der Waals surface area (Å²) in [6.45, 7) is 0.637. The molecule has 1 N–H and O–H groups in total. The smallest absolute Gasteiger partial charge is 0.416 e. The number of carbonyl (C=O) groups excluding carboxylic acids is 1. The van der Waals surface area contributed by atoms with E-state index in [1.165, 1.54) is 12.1 Å². The van der Waals surface area contributed by atoms with Gasteiger partial charge in [0.25, 0.3) is 0 Å². The van der Waals surface area contributed by atoms with Gasteiger partial charge in [-0.25, -0.2) is 0 Å². The second-order valence-corrected chi connectivity index (χ2v) is 7.96. The molecule has 0 fully saturated rings. The van der Waals surface area contributed by atoms with Crippen LogP contribution in [0.15, 0.2) is 72.8 Å². The van der Waals surface area contributed by atoms with Crippen LogP contribution in [0.1, 0.15) is 29.2 Å². The van der Waals surface area contributed by atoms with Crippen LogP contribution in [0.25, 0.3) is 0 Å². The zero-order valence-corrected chi connectivity index (χ0v) is 18.6. The fraction of sp³-hybridized carbons (Fsp3) is 0.269. The summed E-state index contributed by atoms with van der Waals surface area (Å²) >= 11 is 0. The van der Waals surface area contributed by atoms with Crippen molar-refractivity contribution >= 4 is 11.6 Å². The number of alkyl halides is 3. The molecule has 5 nitrogen and oxygen atoms in total. The minimum atomic E-state index is -4.36. The summed E-state index contributed by atoms with van der Waals surface area (Å²) in [4.78, 5) is 15.0. The van der Waals surface area contributed by atoms with E-state index < -0.39 is 17.8 Å². The standard InChI is InChI=1S/C26H25F3N2O3/c1-30-25(32)24(19-7-3-2-4-8-19)31(21-13-14-22-23(16-21)34-17-33-22)15-5-6-18-9-11-20(12-10-18)26(27,28)29/h2-4,7-14,16,24H,5-6,15,17H2,1H3,(H,30,32)/t24-/m0/s1. The summed E-state index contributed by atoms with van der Waals surface area (Å²) in [5, 5.41) is 2.75. The van der Waals surface area contributed by atoms with Crippen molar-refractivity contribution in [3.8, 4) is 11.5 Å². The SMILES string of the molecule is CNC(=O)[C@H](c1ccccc1)N(CCCc1ccc(C(F)(F)F)cc1)c1ccc2c(c1)OCO2. The van der Waals surface area contributed by atoms with Crippen LogP contribution in [0.3, 0.4) is 0 Å². The fourth-order valence-corrected chi connectivity index (χ4v) is 4.03. The molecular weight excluding hydrogens is 445 g/mol. The van der Waals surface area contributed by atoms with Gasteiger partial charge in [0.2, 0.25) is 12.7 Å². The monoisotopic (exact) mass is 470 g/mol. The number of fused-ring (bicyclic) bond motifs is 1. The Hall–Kier alpha value is -3.68. The number of benzene rings is 3. The van der Waals surface area contributed by atoms with Crippen LogP contribution < -0.4 is 19.7 Å². The van der Waals surface area contributed by atoms with Crippen LogP contribution in [0, 0.1) is 0 Å². The zero-order chi connectivity index (χ0) is 24.1. The Labute approximate surface area is 196 Å². The highest BCUT2D eigenvalue weighted by Crippen LogP contribution is 2.38. The number of likely N-dealkylation sites (N-methyl/N-ethyl adjacent to an activating group) is 1. The average Bonchev–Trinajstić information content (AvgIpc) is 3.31. The summed E-state index contributed by atoms with van der Waals surface area (Å²) in [5.41, 5.74) is 1.75. The molecule has 1 atom stereocenters. The van der Waals surface area contributed by atoms with Crippen LogP contribution in [0.2, 0.25) is 0 Å². The van der Waals surface area contributed by atoms with E-state index in [1.54, 1.807) is 7.05 Å². The highest BCUT2D eigenvalue weighted by molar-refractivity contribution is 5.86. The molecule has 4 rings (SSSR count). The molecule has 0 saturated carbocycles. The van der Waals surface area contributed by atoms with E-state index in [9.17, 15) is 18.0 Å². The largest absolute Gasteiger partial charge is 0.454 e. The highest BCUT2D eigenvalue weighted by atomic mass is 19.4. The molecule has 34 heavy (non-hydrogen) atoms. The number of ether oxygens (including phenoxy) is 2. The van der Waals surface area contributed by atoms with E-state index in [1.807, 2.05) is 53.4 Å². The Balaban J connectivity index is 1.59. The van der Waals surface area contributed by atoms with Gasteiger partial charge in [-0.15, -0.1) is 0 Å². The number of anilines is 1. The van der Waals surface area contributed by atoms with Crippen molar-refractivity contribution < 1.29 is 27.4 Å². The molecule has 1 heterocycles. The van der Waals surface area contributed by atoms with Crippen LogP contribution in [-0.4, -0.2) is 26.3 Å². The predicted octanol–water partition coefficient (Wildman–Crippen LogP) is 5.36. The molecule has 178 valence electrons. The second-order valence-electron chi connectivity index (χ2n) is 7.96. The molecule has 3 aromatic rings. The second kappa shape index (κ2) is 10.1. The van der Waals surface area contributed by atoms with Crippen molar-refractivity contribution in [2.24, 2.45) is 0 Å². The average molecular weight is 470 g/mol. The molecule has 0 radical (unpaired) electrons. The maximum absolute atomic E-state index is 13.0. The van der Waals surface area contributed by atoms with Crippen molar-refractivity contribution in [2.45, 2.75) is 25.1 Å². The third-order valence-electron chi connectivity index (χ3n) is 5.76. The van der Waals surface area contributed by atoms with E-state index in [2.05, 4.69) is 5.32 Å². The van der Waals surface area contributed by atoms with Gasteiger partial charge < -0.3 is 19.7 Å². The van der Waals surface area contributed by atoms with E-state index >= 15 is 0 Å². The Bertz CT molecular complexity index is 1120. The van der Waals surface area contributed by atoms with E-state index in [-0.39, 0.29) is 12.7 Å². The lowest BCUT2D eigenvalue weighted by molar-refractivity contribution is -0.137. The number of nitrogens with zero attached hydrogens (tertiary/aromatic N) is 1. The Morgan fingerprint density at radius 1 is 1.00 bits per heavy atom. The van der Waals surface area contributed by atoms with E-state index in [4.69, 9.17) is 9.47 Å². The normalized spacial score (nSPS) is 13.4. The molecule has 0 bridgehead atoms. The molecule has 0 aliphatic carbocycles. The van der Waals surface area contributed by atoms with Crippen LogP contribution in [0.5, 0.6) is 11.5 Å². The van der Waals surface area contributed by atoms with Gasteiger partial charge >= 0.3 is 6.18 Å². The van der Waals surface area contributed by atoms with Gasteiger partial charge in [-0.05, 0) is 48.2 Å². The first-order chi connectivity index (χ1) is 16.4. The number of carbonyl (C=O) groups is 1. The van der Waals surface area contributed by atoms with Crippen molar-refractivity contribution in [1.82, 2.24) is 5.32 Å². The lowest BCUT2D eigenvalue weighted by atomic mass is 10.0. The maximum Gasteiger partial charge on any atom is 0.416 e. The van der Waals surface area contributed by atoms with Gasteiger partial charge in [0, 0.05) is 25.3 Å². The number of halogens is 3. The summed E-state index contributed by atoms with van der Waals surface area (Å²) in [7, 11) is 1.60. The molecule has 0 aromatic heterocycles. The summed E-state index contributed by atoms with van der Waals surface area (Å²) in [5.74, 6) is 1.08. The summed E-state index contributed by atoms with van der Waals surface area (Å²) in [6, 6.07) is 19.6. The molecule has 8 heteroatoms. The van der Waals surface area contributed by atoms with Gasteiger partial charge in [-0.2, -0.15) is 13.2 Å². The minimum Gasteiger partial charge on any atom is -0.454 e. The summed E-state index contributed by atoms with van der Waals surface area (Å²) in [6.07, 6.45) is -3.17. The predicted molar refractivity (Wildman–Crippen MR) is 123 cm³/mol. The van der Waals surface area contributed by atoms with Gasteiger partial charge in [-0.3, -0.25) is 4.79 Å². The molecule has 0 spiro atoms. The van der Waals surface area contributed by atoms with E-state index in [0.717, 1.165) is 28.9 Å². The molecule has 3 aromatic carbocycles. The van der Waals surface area contributed by atoms with Gasteiger partial charge in [0.15, 0.2) is 11.5 Å². The quantitative estimate of drug-likeness (QED) is 0.482. The number of rotatable bonds is 8. The van der Waals surface area contributed by atoms with Crippen molar-refractivity contribution in [1.29, 1.82) is 0 Å². The zero-order valence-electron chi connectivity index (χ0n) is 18.6. The number of nitrogens with one attached hydrogen (secondary N) is 1. The third kappa shape index (κ3) is 5.27. The lowest BCUT2D eigenvalue weighted by Crippen LogP contribution is -2.40. The maximum atomic E-state index is 13.0. The first kappa shape index (κ1) is 23.5. The number of aryl methyl sites for hydroxylation is 1. The Kier molecular flexibility index (Phi) is 6.95. The molecule has 1 aliphatic rings. The Morgan fingerprint density at radius 2 is 1.71 bits per heavy atom. The number of hydrogen-bond donors (Lipinski definition) is 1. The third-order valence-corrected chi connectivity index (χ3v) is 5.76. The first-order valence-electron chi connectivity index (χ1n) is 11.0. The molecule has 0 saturated heterocycles. The van der Waals surface area contributed by atoms with Crippen molar-refractivity contribution in [2.75, 3.05) is 25.3 Å². The summed E-state index contributed by atoms with van der Waals surface area (Å²) < 4.78 is 49.5. The highest BCUT2D eigenvalue weighted by Gasteiger charge is 2.30. The van der Waals surface area contributed by atoms with E-state index in [0.29, 0.717) is 30.9 Å². The van der Waals surface area contributed by atoms with Crippen LogP contribution in [0.4, 0.5) is 18.9 Å². The fourth-order valence-electron chi connectivity index (χ4n) is 4.03.